The minimum absolute atomic E-state index is 0.177. The molecule has 18 heavy (non-hydrogen) atoms. The molecule has 1 aliphatic heterocycles. The molecule has 0 saturated carbocycles. The van der Waals surface area contributed by atoms with Crippen LogP contribution in [0.15, 0.2) is 24.3 Å². The number of carbonyl (C=O) groups excluding carboxylic acids is 1. The minimum Gasteiger partial charge on any atom is -0.480 e. The molecule has 1 N–H and O–H groups in total. The topological polar surface area (TPSA) is 57.6 Å². The van der Waals surface area contributed by atoms with E-state index in [1.165, 1.54) is 29.7 Å². The first-order valence-electron chi connectivity index (χ1n) is 5.42. The van der Waals surface area contributed by atoms with Crippen molar-refractivity contribution in [2.24, 2.45) is 0 Å². The van der Waals surface area contributed by atoms with E-state index in [1.807, 2.05) is 0 Å². The summed E-state index contributed by atoms with van der Waals surface area (Å²) in [5.74, 6) is -1.61. The summed E-state index contributed by atoms with van der Waals surface area (Å²) in [6.07, 6.45) is 0. The molecule has 0 spiro atoms. The van der Waals surface area contributed by atoms with Gasteiger partial charge in [0.15, 0.2) is 0 Å². The number of carbonyl (C=O) groups is 2. The Hall–Kier alpha value is -1.56. The normalized spacial score (nSPS) is 21.1. The van der Waals surface area contributed by atoms with E-state index in [0.29, 0.717) is 5.56 Å². The molecule has 6 heteroatoms. The van der Waals surface area contributed by atoms with E-state index >= 15 is 0 Å². The Morgan fingerprint density at radius 3 is 2.83 bits per heavy atom. The summed E-state index contributed by atoms with van der Waals surface area (Å²) in [6.45, 7) is 1.43. The average molecular weight is 269 g/mol. The van der Waals surface area contributed by atoms with Crippen molar-refractivity contribution in [2.75, 3.05) is 5.75 Å². The molecule has 1 aromatic carbocycles. The maximum absolute atomic E-state index is 13.7. The summed E-state index contributed by atoms with van der Waals surface area (Å²) in [7, 11) is 0. The number of aliphatic carboxylic acids is 1. The number of amides is 1. The van der Waals surface area contributed by atoms with E-state index in [0.717, 1.165) is 0 Å². The van der Waals surface area contributed by atoms with Gasteiger partial charge >= 0.3 is 5.97 Å². The van der Waals surface area contributed by atoms with Crippen LogP contribution >= 0.6 is 11.8 Å². The monoisotopic (exact) mass is 269 g/mol. The first-order chi connectivity index (χ1) is 8.52. The van der Waals surface area contributed by atoms with Gasteiger partial charge in [-0.1, -0.05) is 18.2 Å². The van der Waals surface area contributed by atoms with E-state index in [-0.39, 0.29) is 11.7 Å². The lowest BCUT2D eigenvalue weighted by Gasteiger charge is -2.27. The fourth-order valence-corrected chi connectivity index (χ4v) is 3.17. The van der Waals surface area contributed by atoms with Gasteiger partial charge in [-0.15, -0.1) is 11.8 Å². The van der Waals surface area contributed by atoms with Gasteiger partial charge in [-0.05, 0) is 13.0 Å². The number of hydrogen-bond donors (Lipinski definition) is 1. The third kappa shape index (κ3) is 2.20. The van der Waals surface area contributed by atoms with Crippen molar-refractivity contribution in [3.8, 4) is 0 Å². The first-order valence-corrected chi connectivity index (χ1v) is 6.47. The van der Waals surface area contributed by atoms with Crippen LogP contribution < -0.4 is 0 Å². The van der Waals surface area contributed by atoms with Crippen molar-refractivity contribution in [1.82, 2.24) is 4.90 Å². The fourth-order valence-electron chi connectivity index (χ4n) is 1.89. The minimum atomic E-state index is -1.09. The highest BCUT2D eigenvalue weighted by molar-refractivity contribution is 8.00. The lowest BCUT2D eigenvalue weighted by Crippen LogP contribution is -2.41. The quantitative estimate of drug-likeness (QED) is 0.910. The van der Waals surface area contributed by atoms with Crippen LogP contribution in [-0.2, 0) is 9.59 Å². The van der Waals surface area contributed by atoms with Crippen LogP contribution in [0.3, 0.4) is 0 Å². The molecule has 96 valence electrons. The molecule has 2 rings (SSSR count). The summed E-state index contributed by atoms with van der Waals surface area (Å²) >= 11 is 1.24. The van der Waals surface area contributed by atoms with Gasteiger partial charge in [0, 0.05) is 5.56 Å². The highest BCUT2D eigenvalue weighted by Crippen LogP contribution is 2.40. The van der Waals surface area contributed by atoms with Crippen molar-refractivity contribution in [3.05, 3.63) is 35.6 Å². The van der Waals surface area contributed by atoms with Crippen molar-refractivity contribution < 1.29 is 19.1 Å². The number of carboxylic acids is 1. The van der Waals surface area contributed by atoms with Crippen LogP contribution in [0, 0.1) is 5.82 Å². The zero-order valence-corrected chi connectivity index (χ0v) is 10.5. The highest BCUT2D eigenvalue weighted by atomic mass is 32.2. The summed E-state index contributed by atoms with van der Waals surface area (Å²) in [5.41, 5.74) is 0.349. The first kappa shape index (κ1) is 12.9. The molecule has 4 nitrogen and oxygen atoms in total. The molecule has 1 aromatic rings. The number of thioether (sulfide) groups is 1. The van der Waals surface area contributed by atoms with Crippen LogP contribution in [0.1, 0.15) is 17.9 Å². The van der Waals surface area contributed by atoms with Crippen LogP contribution in [0.25, 0.3) is 0 Å². The second kappa shape index (κ2) is 4.97. The van der Waals surface area contributed by atoms with E-state index in [1.54, 1.807) is 18.2 Å². The van der Waals surface area contributed by atoms with E-state index in [2.05, 4.69) is 0 Å². The van der Waals surface area contributed by atoms with Gasteiger partial charge in [0.1, 0.15) is 17.2 Å². The predicted molar refractivity (Wildman–Crippen MR) is 65.5 cm³/mol. The molecule has 0 aliphatic carbocycles. The number of carboxylic acid groups (broad SMARTS) is 1. The largest absolute Gasteiger partial charge is 0.480 e. The SMILES string of the molecule is C[C@@H](C(=O)O)N1C(=O)CS[C@@H]1c1ccccc1F. The second-order valence-corrected chi connectivity index (χ2v) is 5.07. The lowest BCUT2D eigenvalue weighted by molar-refractivity contribution is -0.148. The van der Waals surface area contributed by atoms with Gasteiger partial charge in [0.05, 0.1) is 5.75 Å². The van der Waals surface area contributed by atoms with Gasteiger partial charge < -0.3 is 10.0 Å². The van der Waals surface area contributed by atoms with Crippen molar-refractivity contribution >= 4 is 23.6 Å². The zero-order chi connectivity index (χ0) is 13.3. The number of halogens is 1. The molecule has 0 bridgehead atoms. The molecule has 0 unspecified atom stereocenters. The van der Waals surface area contributed by atoms with Gasteiger partial charge in [-0.3, -0.25) is 4.79 Å². The number of hydrogen-bond acceptors (Lipinski definition) is 3. The smallest absolute Gasteiger partial charge is 0.326 e. The van der Waals surface area contributed by atoms with Crippen LogP contribution in [0.5, 0.6) is 0 Å². The van der Waals surface area contributed by atoms with E-state index in [9.17, 15) is 14.0 Å². The molecular weight excluding hydrogens is 257 g/mol. The van der Waals surface area contributed by atoms with Crippen molar-refractivity contribution in [1.29, 1.82) is 0 Å². The molecule has 0 aromatic heterocycles. The zero-order valence-electron chi connectivity index (χ0n) is 9.67. The molecule has 2 atom stereocenters. The summed E-state index contributed by atoms with van der Waals surface area (Å²) in [6, 6.07) is 5.16. The van der Waals surface area contributed by atoms with Gasteiger partial charge in [0.25, 0.3) is 0 Å². The Morgan fingerprint density at radius 1 is 1.56 bits per heavy atom. The molecule has 1 aliphatic rings. The van der Waals surface area contributed by atoms with E-state index in [4.69, 9.17) is 5.11 Å². The van der Waals surface area contributed by atoms with Gasteiger partial charge in [-0.2, -0.15) is 0 Å². The van der Waals surface area contributed by atoms with Gasteiger partial charge in [0.2, 0.25) is 5.91 Å². The van der Waals surface area contributed by atoms with Crippen LogP contribution in [0.2, 0.25) is 0 Å². The Morgan fingerprint density at radius 2 is 2.22 bits per heavy atom. The van der Waals surface area contributed by atoms with Crippen LogP contribution in [-0.4, -0.2) is 33.7 Å². The molecule has 1 amide bonds. The Kier molecular flexibility index (Phi) is 3.56. The number of rotatable bonds is 3. The summed E-state index contributed by atoms with van der Waals surface area (Å²) in [4.78, 5) is 24.0. The maximum atomic E-state index is 13.7. The molecule has 1 heterocycles. The molecule has 1 saturated heterocycles. The second-order valence-electron chi connectivity index (χ2n) is 4.00. The number of benzene rings is 1. The van der Waals surface area contributed by atoms with Crippen LogP contribution in [0.4, 0.5) is 4.39 Å². The Balaban J connectivity index is 2.35. The third-order valence-electron chi connectivity index (χ3n) is 2.85. The average Bonchev–Trinajstić information content (AvgIpc) is 2.70. The Bertz CT molecular complexity index is 494. The number of nitrogens with zero attached hydrogens (tertiary/aromatic N) is 1. The lowest BCUT2D eigenvalue weighted by atomic mass is 10.1. The molecule has 0 radical (unpaired) electrons. The van der Waals surface area contributed by atoms with Gasteiger partial charge in [-0.25, -0.2) is 9.18 Å². The summed E-state index contributed by atoms with van der Waals surface area (Å²) in [5, 5.41) is 8.43. The fraction of sp³-hybridized carbons (Fsp3) is 0.333. The van der Waals surface area contributed by atoms with E-state index < -0.39 is 23.2 Å². The summed E-state index contributed by atoms with van der Waals surface area (Å²) < 4.78 is 13.7. The molecular formula is C12H12FNO3S. The van der Waals surface area contributed by atoms with Crippen molar-refractivity contribution in [2.45, 2.75) is 18.3 Å². The maximum Gasteiger partial charge on any atom is 0.326 e. The van der Waals surface area contributed by atoms with Crippen molar-refractivity contribution in [3.63, 3.8) is 0 Å². The standard InChI is InChI=1S/C12H12FNO3S/c1-7(12(16)17)14-10(15)6-18-11(14)8-4-2-3-5-9(8)13/h2-5,7,11H,6H2,1H3,(H,16,17)/t7-,11+/m0/s1. The predicted octanol–water partition coefficient (Wildman–Crippen LogP) is 1.87. The molecule has 1 fully saturated rings. The Labute approximate surface area is 108 Å². The highest BCUT2D eigenvalue weighted by Gasteiger charge is 2.39. The third-order valence-corrected chi connectivity index (χ3v) is 4.06.